The SMILES string of the molecule is CN1CCN(CC2(C(=O)Nc3cc4c(C=Cc5ccc(F)cc5)n[nH]c4cc3F)CC2)CC1. The summed E-state index contributed by atoms with van der Waals surface area (Å²) in [6, 6.07) is 9.10. The molecule has 1 saturated carbocycles. The molecule has 0 spiro atoms. The minimum Gasteiger partial charge on any atom is -0.323 e. The van der Waals surface area contributed by atoms with Crippen LogP contribution in [0, 0.1) is 17.0 Å². The van der Waals surface area contributed by atoms with Gasteiger partial charge in [0.15, 0.2) is 0 Å². The van der Waals surface area contributed by atoms with E-state index in [1.807, 2.05) is 6.08 Å². The summed E-state index contributed by atoms with van der Waals surface area (Å²) in [6.45, 7) is 4.61. The zero-order chi connectivity index (χ0) is 23.0. The molecule has 5 rings (SSSR count). The lowest BCUT2D eigenvalue weighted by molar-refractivity contribution is -0.122. The number of carbonyl (C=O) groups is 1. The van der Waals surface area contributed by atoms with E-state index in [0.29, 0.717) is 23.1 Å². The number of aromatic amines is 1. The highest BCUT2D eigenvalue weighted by molar-refractivity contribution is 6.00. The number of halogens is 2. The number of benzene rings is 2. The van der Waals surface area contributed by atoms with Crippen LogP contribution < -0.4 is 5.32 Å². The molecule has 1 saturated heterocycles. The van der Waals surface area contributed by atoms with Crippen LogP contribution in [0.3, 0.4) is 0 Å². The molecule has 2 fully saturated rings. The van der Waals surface area contributed by atoms with Crippen molar-refractivity contribution in [2.45, 2.75) is 12.8 Å². The summed E-state index contributed by atoms with van der Waals surface area (Å²) in [5.74, 6) is -0.912. The molecule has 0 radical (unpaired) electrons. The van der Waals surface area contributed by atoms with Crippen LogP contribution in [0.15, 0.2) is 36.4 Å². The van der Waals surface area contributed by atoms with Crippen LogP contribution in [0.4, 0.5) is 14.5 Å². The Balaban J connectivity index is 1.33. The van der Waals surface area contributed by atoms with Crippen molar-refractivity contribution >= 4 is 34.6 Å². The maximum Gasteiger partial charge on any atom is 0.231 e. The lowest BCUT2D eigenvalue weighted by Gasteiger charge is -2.34. The number of hydrogen-bond donors (Lipinski definition) is 2. The van der Waals surface area contributed by atoms with Crippen molar-refractivity contribution < 1.29 is 13.6 Å². The molecular weight excluding hydrogens is 424 g/mol. The minimum absolute atomic E-state index is 0.119. The van der Waals surface area contributed by atoms with E-state index in [1.165, 1.54) is 18.2 Å². The molecule has 3 aromatic rings. The number of likely N-dealkylation sites (N-methyl/N-ethyl adjacent to an activating group) is 1. The Morgan fingerprint density at radius 2 is 1.85 bits per heavy atom. The first-order valence-corrected chi connectivity index (χ1v) is 11.3. The van der Waals surface area contributed by atoms with Gasteiger partial charge in [-0.25, -0.2) is 8.78 Å². The minimum atomic E-state index is -0.496. The summed E-state index contributed by atoms with van der Waals surface area (Å²) < 4.78 is 27.9. The number of nitrogens with one attached hydrogen (secondary N) is 2. The highest BCUT2D eigenvalue weighted by Gasteiger charge is 2.51. The fourth-order valence-corrected chi connectivity index (χ4v) is 4.33. The Labute approximate surface area is 191 Å². The summed E-state index contributed by atoms with van der Waals surface area (Å²) >= 11 is 0. The predicted octanol–water partition coefficient (Wildman–Crippen LogP) is 3.98. The summed E-state index contributed by atoms with van der Waals surface area (Å²) in [4.78, 5) is 17.7. The average molecular weight is 452 g/mol. The lowest BCUT2D eigenvalue weighted by atomic mass is 10.0. The number of aromatic nitrogens is 2. The predicted molar refractivity (Wildman–Crippen MR) is 126 cm³/mol. The summed E-state index contributed by atoms with van der Waals surface area (Å²) in [6.07, 6.45) is 5.25. The Morgan fingerprint density at radius 1 is 1.12 bits per heavy atom. The molecule has 2 heterocycles. The Hall–Kier alpha value is -3.10. The lowest BCUT2D eigenvalue weighted by Crippen LogP contribution is -2.48. The van der Waals surface area contributed by atoms with Crippen LogP contribution in [-0.2, 0) is 4.79 Å². The first-order chi connectivity index (χ1) is 15.9. The first kappa shape index (κ1) is 21.7. The molecule has 172 valence electrons. The zero-order valence-electron chi connectivity index (χ0n) is 18.6. The van der Waals surface area contributed by atoms with E-state index in [9.17, 15) is 13.6 Å². The number of piperazine rings is 1. The molecule has 8 heteroatoms. The van der Waals surface area contributed by atoms with Crippen LogP contribution in [0.2, 0.25) is 0 Å². The molecule has 1 aliphatic carbocycles. The number of carbonyl (C=O) groups excluding carboxylic acids is 1. The second-order valence-corrected chi connectivity index (χ2v) is 9.19. The van der Waals surface area contributed by atoms with E-state index < -0.39 is 11.2 Å². The third kappa shape index (κ3) is 4.67. The van der Waals surface area contributed by atoms with Gasteiger partial charge in [0.1, 0.15) is 11.6 Å². The molecule has 1 aromatic heterocycles. The number of hydrogen-bond acceptors (Lipinski definition) is 4. The molecule has 0 unspecified atom stereocenters. The van der Waals surface area contributed by atoms with Gasteiger partial charge in [0.2, 0.25) is 5.91 Å². The van der Waals surface area contributed by atoms with Gasteiger partial charge in [-0.2, -0.15) is 5.10 Å². The maximum atomic E-state index is 14.8. The van der Waals surface area contributed by atoms with Crippen LogP contribution >= 0.6 is 0 Å². The molecule has 1 amide bonds. The molecule has 0 bridgehead atoms. The van der Waals surface area contributed by atoms with Gasteiger partial charge in [-0.1, -0.05) is 18.2 Å². The van der Waals surface area contributed by atoms with Gasteiger partial charge >= 0.3 is 0 Å². The van der Waals surface area contributed by atoms with Gasteiger partial charge in [-0.3, -0.25) is 14.8 Å². The summed E-state index contributed by atoms with van der Waals surface area (Å²) in [7, 11) is 2.11. The van der Waals surface area contributed by atoms with Crippen LogP contribution in [0.5, 0.6) is 0 Å². The van der Waals surface area contributed by atoms with Crippen molar-refractivity contribution in [2.75, 3.05) is 45.1 Å². The highest BCUT2D eigenvalue weighted by Crippen LogP contribution is 2.47. The third-order valence-corrected chi connectivity index (χ3v) is 6.69. The Bertz CT molecular complexity index is 1190. The van der Waals surface area contributed by atoms with E-state index in [-0.39, 0.29) is 17.4 Å². The summed E-state index contributed by atoms with van der Waals surface area (Å²) in [5.41, 5.74) is 1.71. The second kappa shape index (κ2) is 8.68. The Kier molecular flexibility index (Phi) is 5.72. The number of amides is 1. The monoisotopic (exact) mass is 451 g/mol. The molecule has 6 nitrogen and oxygen atoms in total. The second-order valence-electron chi connectivity index (χ2n) is 9.19. The van der Waals surface area contributed by atoms with Gasteiger partial charge in [-0.15, -0.1) is 0 Å². The normalized spacial score (nSPS) is 18.8. The number of H-pyrrole nitrogens is 1. The Morgan fingerprint density at radius 3 is 2.55 bits per heavy atom. The number of nitrogens with zero attached hydrogens (tertiary/aromatic N) is 3. The maximum absolute atomic E-state index is 14.8. The van der Waals surface area contributed by atoms with E-state index in [1.54, 1.807) is 24.3 Å². The first-order valence-electron chi connectivity index (χ1n) is 11.3. The van der Waals surface area contributed by atoms with E-state index in [2.05, 4.69) is 32.4 Å². The number of anilines is 1. The van der Waals surface area contributed by atoms with Crippen molar-refractivity contribution in [3.05, 3.63) is 59.3 Å². The smallest absolute Gasteiger partial charge is 0.231 e. The van der Waals surface area contributed by atoms with Crippen LogP contribution in [-0.4, -0.2) is 65.7 Å². The largest absolute Gasteiger partial charge is 0.323 e. The molecule has 1 aliphatic heterocycles. The molecule has 2 N–H and O–H groups in total. The molecule has 2 aromatic carbocycles. The summed E-state index contributed by atoms with van der Waals surface area (Å²) in [5, 5.41) is 10.6. The molecule has 2 aliphatic rings. The van der Waals surface area contributed by atoms with E-state index in [4.69, 9.17) is 0 Å². The number of rotatable bonds is 6. The third-order valence-electron chi connectivity index (χ3n) is 6.69. The van der Waals surface area contributed by atoms with Crippen LogP contribution in [0.25, 0.3) is 23.1 Å². The average Bonchev–Trinajstić information content (AvgIpc) is 3.49. The highest BCUT2D eigenvalue weighted by atomic mass is 19.1. The van der Waals surface area contributed by atoms with Gasteiger partial charge in [0, 0.05) is 44.2 Å². The zero-order valence-corrected chi connectivity index (χ0v) is 18.6. The van der Waals surface area contributed by atoms with Gasteiger partial charge in [0.25, 0.3) is 0 Å². The van der Waals surface area contributed by atoms with Gasteiger partial charge < -0.3 is 10.2 Å². The van der Waals surface area contributed by atoms with E-state index in [0.717, 1.165) is 44.6 Å². The van der Waals surface area contributed by atoms with Crippen molar-refractivity contribution in [3.8, 4) is 0 Å². The molecule has 33 heavy (non-hydrogen) atoms. The van der Waals surface area contributed by atoms with Gasteiger partial charge in [-0.05, 0) is 49.7 Å². The number of fused-ring (bicyclic) bond motifs is 1. The fourth-order valence-electron chi connectivity index (χ4n) is 4.33. The van der Waals surface area contributed by atoms with Crippen molar-refractivity contribution in [2.24, 2.45) is 5.41 Å². The van der Waals surface area contributed by atoms with E-state index >= 15 is 0 Å². The topological polar surface area (TPSA) is 64.3 Å². The van der Waals surface area contributed by atoms with Crippen molar-refractivity contribution in [1.82, 2.24) is 20.0 Å². The van der Waals surface area contributed by atoms with Gasteiger partial charge in [0.05, 0.1) is 22.3 Å². The van der Waals surface area contributed by atoms with Crippen molar-refractivity contribution in [1.29, 1.82) is 0 Å². The standard InChI is InChI=1S/C25H27F2N5O/c1-31-10-12-32(13-11-31)16-25(8-9-25)24(33)28-23-14-19-21(29-30-22(19)15-20(23)27)7-4-17-2-5-18(26)6-3-17/h2-7,14-15H,8-13,16H2,1H3,(H,28,33)(H,29,30). The molecular formula is C25H27F2N5O. The fraction of sp³-hybridized carbons (Fsp3) is 0.360. The molecule has 0 atom stereocenters. The van der Waals surface area contributed by atoms with Crippen LogP contribution in [0.1, 0.15) is 24.1 Å². The van der Waals surface area contributed by atoms with Crippen molar-refractivity contribution in [3.63, 3.8) is 0 Å². The quantitative estimate of drug-likeness (QED) is 0.595.